The summed E-state index contributed by atoms with van der Waals surface area (Å²) in [6.45, 7) is 2.09. The van der Waals surface area contributed by atoms with Crippen LogP contribution in [0.15, 0.2) is 29.2 Å². The van der Waals surface area contributed by atoms with Gasteiger partial charge in [0, 0.05) is 34.7 Å². The van der Waals surface area contributed by atoms with Crippen molar-refractivity contribution in [2.24, 2.45) is 5.41 Å². The maximum Gasteiger partial charge on any atom is 0.227 e. The van der Waals surface area contributed by atoms with Crippen LogP contribution in [-0.4, -0.2) is 49.8 Å². The zero-order valence-corrected chi connectivity index (χ0v) is 20.9. The summed E-state index contributed by atoms with van der Waals surface area (Å²) >= 11 is 6.07. The van der Waals surface area contributed by atoms with Gasteiger partial charge in [0.15, 0.2) is 0 Å². The van der Waals surface area contributed by atoms with Crippen molar-refractivity contribution >= 4 is 34.2 Å². The Hall–Kier alpha value is -1.70. The standard InChI is InChI=1S/C26H31ClN4O2S/c27-18-4-2-16(3-5-18)17-6-10-25(11-7-17)13-31(14-25)24-28-21-19-12-20(19)34(33)22(21)23(29-24)30-26(15-32)8-1-9-26/h2-5,17,19-20,32H,1,6-15H2,(H,28,29,30)/t19?,20?,34-/m0/s1. The summed E-state index contributed by atoms with van der Waals surface area (Å²) in [6.07, 6.45) is 8.84. The third-order valence-corrected chi connectivity index (χ3v) is 11.3. The summed E-state index contributed by atoms with van der Waals surface area (Å²) < 4.78 is 13.0. The SMILES string of the molecule is O=[S@@]1c2c(NC3(CO)CCC3)nc(N3CC4(CCC(c5ccc(Cl)cc5)CC4)C3)nc2C2CC21. The first kappa shape index (κ1) is 21.6. The molecule has 2 aliphatic heterocycles. The van der Waals surface area contributed by atoms with E-state index < -0.39 is 10.8 Å². The fraction of sp³-hybridized carbons (Fsp3) is 0.615. The van der Waals surface area contributed by atoms with Crippen molar-refractivity contribution in [1.82, 2.24) is 9.97 Å². The minimum atomic E-state index is -1.03. The van der Waals surface area contributed by atoms with Crippen molar-refractivity contribution in [2.75, 3.05) is 29.9 Å². The topological polar surface area (TPSA) is 78.3 Å². The van der Waals surface area contributed by atoms with Gasteiger partial charge >= 0.3 is 0 Å². The number of hydrogen-bond acceptors (Lipinski definition) is 6. The Labute approximate surface area is 208 Å². The Kier molecular flexibility index (Phi) is 4.85. The van der Waals surface area contributed by atoms with Crippen molar-refractivity contribution < 1.29 is 9.32 Å². The van der Waals surface area contributed by atoms with E-state index in [1.807, 2.05) is 12.1 Å². The predicted molar refractivity (Wildman–Crippen MR) is 134 cm³/mol. The molecule has 1 spiro atoms. The number of fused-ring (bicyclic) bond motifs is 3. The fourth-order valence-electron chi connectivity index (χ4n) is 6.68. The Morgan fingerprint density at radius 1 is 1.12 bits per heavy atom. The molecule has 0 radical (unpaired) electrons. The third-order valence-electron chi connectivity index (χ3n) is 9.16. The minimum Gasteiger partial charge on any atom is -0.394 e. The van der Waals surface area contributed by atoms with Crippen LogP contribution in [0.3, 0.4) is 0 Å². The van der Waals surface area contributed by atoms with E-state index in [1.165, 1.54) is 31.2 Å². The molecule has 3 aliphatic carbocycles. The Bertz CT molecular complexity index is 1150. The van der Waals surface area contributed by atoms with Gasteiger partial charge in [0.05, 0.1) is 28.6 Å². The summed E-state index contributed by atoms with van der Waals surface area (Å²) in [5, 5.41) is 14.5. The molecule has 180 valence electrons. The van der Waals surface area contributed by atoms with Crippen LogP contribution in [0.1, 0.15) is 74.5 Å². The number of hydrogen-bond donors (Lipinski definition) is 2. The molecule has 1 saturated heterocycles. The van der Waals surface area contributed by atoms with E-state index in [0.717, 1.165) is 60.3 Å². The van der Waals surface area contributed by atoms with Crippen molar-refractivity contribution in [3.8, 4) is 0 Å². The number of aliphatic hydroxyl groups is 1. The lowest BCUT2D eigenvalue weighted by atomic mass is 9.65. The van der Waals surface area contributed by atoms with Crippen LogP contribution in [0.2, 0.25) is 5.02 Å². The monoisotopic (exact) mass is 498 g/mol. The smallest absolute Gasteiger partial charge is 0.227 e. The second-order valence-corrected chi connectivity index (χ2v) is 13.4. The van der Waals surface area contributed by atoms with Crippen LogP contribution in [-0.2, 0) is 10.8 Å². The Morgan fingerprint density at radius 2 is 1.85 bits per heavy atom. The first-order chi connectivity index (χ1) is 16.5. The molecule has 2 N–H and O–H groups in total. The molecular formula is C26H31ClN4O2S. The molecule has 5 aliphatic rings. The van der Waals surface area contributed by atoms with E-state index >= 15 is 0 Å². The van der Waals surface area contributed by atoms with Gasteiger partial charge in [-0.1, -0.05) is 23.7 Å². The van der Waals surface area contributed by atoms with Gasteiger partial charge in [0.25, 0.3) is 0 Å². The largest absolute Gasteiger partial charge is 0.394 e. The lowest BCUT2D eigenvalue weighted by Gasteiger charge is -2.53. The van der Waals surface area contributed by atoms with Crippen molar-refractivity contribution in [3.05, 3.63) is 40.5 Å². The van der Waals surface area contributed by atoms with Crippen molar-refractivity contribution in [2.45, 2.75) is 78.9 Å². The average Bonchev–Trinajstić information content (AvgIpc) is 3.55. The summed E-state index contributed by atoms with van der Waals surface area (Å²) in [5.41, 5.74) is 2.46. The summed E-state index contributed by atoms with van der Waals surface area (Å²) in [6, 6.07) is 8.37. The van der Waals surface area contributed by atoms with Crippen LogP contribution < -0.4 is 10.2 Å². The summed E-state index contributed by atoms with van der Waals surface area (Å²) in [5.74, 6) is 2.45. The maximum atomic E-state index is 13.0. The number of rotatable bonds is 5. The highest BCUT2D eigenvalue weighted by Gasteiger charge is 2.55. The van der Waals surface area contributed by atoms with E-state index in [9.17, 15) is 9.32 Å². The first-order valence-electron chi connectivity index (χ1n) is 12.7. The van der Waals surface area contributed by atoms with E-state index in [0.29, 0.717) is 23.1 Å². The normalized spacial score (nSPS) is 30.3. The molecule has 0 bridgehead atoms. The molecule has 6 nitrogen and oxygen atoms in total. The van der Waals surface area contributed by atoms with Crippen LogP contribution >= 0.6 is 11.6 Å². The molecule has 34 heavy (non-hydrogen) atoms. The van der Waals surface area contributed by atoms with Gasteiger partial charge in [-0.15, -0.1) is 0 Å². The molecule has 8 heteroatoms. The quantitative estimate of drug-likeness (QED) is 0.627. The molecule has 2 aromatic rings. The zero-order chi connectivity index (χ0) is 23.1. The minimum absolute atomic E-state index is 0.0855. The Balaban J connectivity index is 1.09. The van der Waals surface area contributed by atoms with Gasteiger partial charge in [0.1, 0.15) is 10.7 Å². The maximum absolute atomic E-state index is 13.0. The molecule has 7 rings (SSSR count). The number of halogens is 1. The van der Waals surface area contributed by atoms with E-state index in [-0.39, 0.29) is 17.4 Å². The molecule has 3 saturated carbocycles. The average molecular weight is 499 g/mol. The van der Waals surface area contributed by atoms with Gasteiger partial charge in [-0.05, 0) is 75.0 Å². The van der Waals surface area contributed by atoms with Gasteiger partial charge in [-0.3, -0.25) is 4.21 Å². The van der Waals surface area contributed by atoms with Crippen LogP contribution in [0, 0.1) is 5.41 Å². The Morgan fingerprint density at radius 3 is 2.50 bits per heavy atom. The van der Waals surface area contributed by atoms with Gasteiger partial charge in [-0.2, -0.15) is 4.98 Å². The highest BCUT2D eigenvalue weighted by Crippen LogP contribution is 2.57. The van der Waals surface area contributed by atoms with Crippen LogP contribution in [0.5, 0.6) is 0 Å². The molecule has 0 amide bonds. The number of nitrogens with one attached hydrogen (secondary N) is 1. The number of aromatic nitrogens is 2. The first-order valence-corrected chi connectivity index (χ1v) is 14.3. The lowest BCUT2D eigenvalue weighted by molar-refractivity contribution is 0.126. The summed E-state index contributed by atoms with van der Waals surface area (Å²) in [4.78, 5) is 13.0. The summed E-state index contributed by atoms with van der Waals surface area (Å²) in [7, 11) is -1.03. The van der Waals surface area contributed by atoms with Gasteiger partial charge in [-0.25, -0.2) is 4.98 Å². The third kappa shape index (κ3) is 3.34. The highest BCUT2D eigenvalue weighted by atomic mass is 35.5. The number of aliphatic hydroxyl groups excluding tert-OH is 1. The van der Waals surface area contributed by atoms with E-state index in [4.69, 9.17) is 21.6 Å². The molecule has 1 aromatic heterocycles. The second kappa shape index (κ2) is 7.65. The highest BCUT2D eigenvalue weighted by molar-refractivity contribution is 7.86. The lowest BCUT2D eigenvalue weighted by Crippen LogP contribution is -2.58. The molecule has 4 fully saturated rings. The molecule has 3 atom stereocenters. The van der Waals surface area contributed by atoms with Crippen molar-refractivity contribution in [3.63, 3.8) is 0 Å². The van der Waals surface area contributed by atoms with E-state index in [1.54, 1.807) is 0 Å². The molecule has 2 unspecified atom stereocenters. The van der Waals surface area contributed by atoms with Crippen LogP contribution in [0.25, 0.3) is 0 Å². The number of nitrogens with zero attached hydrogens (tertiary/aromatic N) is 3. The molecule has 3 heterocycles. The van der Waals surface area contributed by atoms with Gasteiger partial charge < -0.3 is 15.3 Å². The molecule has 1 aromatic carbocycles. The number of anilines is 2. The van der Waals surface area contributed by atoms with Crippen molar-refractivity contribution in [1.29, 1.82) is 0 Å². The zero-order valence-electron chi connectivity index (χ0n) is 19.3. The predicted octanol–water partition coefficient (Wildman–Crippen LogP) is 4.60. The van der Waals surface area contributed by atoms with Crippen LogP contribution in [0.4, 0.5) is 11.8 Å². The van der Waals surface area contributed by atoms with Gasteiger partial charge in [0.2, 0.25) is 5.95 Å². The fourth-order valence-corrected chi connectivity index (χ4v) is 8.60. The second-order valence-electron chi connectivity index (χ2n) is 11.4. The molecular weight excluding hydrogens is 468 g/mol. The van der Waals surface area contributed by atoms with E-state index in [2.05, 4.69) is 22.3 Å². The number of benzene rings is 1.